The van der Waals surface area contributed by atoms with Crippen molar-refractivity contribution in [3.05, 3.63) is 41.7 Å². The third-order valence-electron chi connectivity index (χ3n) is 2.41. The second-order valence-electron chi connectivity index (χ2n) is 4.13. The SMILES string of the molecule is Cc1cc(C#N)nc(Oc2ccc(S(C)(=O)=O)cc2)n1. The third kappa shape index (κ3) is 3.30. The molecule has 20 heavy (non-hydrogen) atoms. The van der Waals surface area contributed by atoms with E-state index in [0.29, 0.717) is 11.4 Å². The summed E-state index contributed by atoms with van der Waals surface area (Å²) in [7, 11) is -3.24. The number of nitrogens with zero attached hydrogens (tertiary/aromatic N) is 3. The quantitative estimate of drug-likeness (QED) is 0.856. The van der Waals surface area contributed by atoms with Gasteiger partial charge in [-0.25, -0.2) is 13.4 Å². The van der Waals surface area contributed by atoms with Crippen molar-refractivity contribution in [3.8, 4) is 17.8 Å². The molecule has 0 aliphatic rings. The van der Waals surface area contributed by atoms with Gasteiger partial charge in [-0.2, -0.15) is 10.2 Å². The lowest BCUT2D eigenvalue weighted by Crippen LogP contribution is -1.98. The van der Waals surface area contributed by atoms with Gasteiger partial charge in [0.2, 0.25) is 0 Å². The third-order valence-corrected chi connectivity index (χ3v) is 3.54. The van der Waals surface area contributed by atoms with Gasteiger partial charge >= 0.3 is 6.01 Å². The smallest absolute Gasteiger partial charge is 0.323 e. The molecule has 1 aromatic carbocycles. The summed E-state index contributed by atoms with van der Waals surface area (Å²) in [5.74, 6) is 0.395. The van der Waals surface area contributed by atoms with Crippen LogP contribution in [-0.4, -0.2) is 24.6 Å². The van der Waals surface area contributed by atoms with Crippen LogP contribution in [0.25, 0.3) is 0 Å². The number of aromatic nitrogens is 2. The maximum absolute atomic E-state index is 11.3. The molecule has 0 saturated carbocycles. The molecule has 0 unspecified atom stereocenters. The van der Waals surface area contributed by atoms with Crippen molar-refractivity contribution in [2.24, 2.45) is 0 Å². The van der Waals surface area contributed by atoms with E-state index in [9.17, 15) is 8.42 Å². The van der Waals surface area contributed by atoms with Crippen LogP contribution in [0.2, 0.25) is 0 Å². The van der Waals surface area contributed by atoms with Crippen LogP contribution in [0.15, 0.2) is 35.2 Å². The average molecular weight is 289 g/mol. The molecule has 0 aliphatic carbocycles. The number of nitriles is 1. The van der Waals surface area contributed by atoms with E-state index in [1.165, 1.54) is 24.3 Å². The Bertz CT molecular complexity index is 777. The number of aryl methyl sites for hydroxylation is 1. The topological polar surface area (TPSA) is 92.9 Å². The highest BCUT2D eigenvalue weighted by Gasteiger charge is 2.08. The zero-order chi connectivity index (χ0) is 14.8. The predicted molar refractivity (Wildman–Crippen MR) is 71.1 cm³/mol. The summed E-state index contributed by atoms with van der Waals surface area (Å²) in [6.45, 7) is 1.72. The van der Waals surface area contributed by atoms with E-state index < -0.39 is 9.84 Å². The molecule has 102 valence electrons. The normalized spacial score (nSPS) is 10.8. The van der Waals surface area contributed by atoms with Crippen molar-refractivity contribution >= 4 is 9.84 Å². The summed E-state index contributed by atoms with van der Waals surface area (Å²) in [6.07, 6.45) is 1.13. The molecule has 0 spiro atoms. The highest BCUT2D eigenvalue weighted by Crippen LogP contribution is 2.20. The monoisotopic (exact) mass is 289 g/mol. The van der Waals surface area contributed by atoms with Crippen LogP contribution in [-0.2, 0) is 9.84 Å². The molecule has 7 heteroatoms. The van der Waals surface area contributed by atoms with Crippen molar-refractivity contribution in [2.75, 3.05) is 6.26 Å². The minimum absolute atomic E-state index is 0.0497. The van der Waals surface area contributed by atoms with Crippen LogP contribution in [0.5, 0.6) is 11.8 Å². The molecule has 1 heterocycles. The predicted octanol–water partition coefficient (Wildman–Crippen LogP) is 1.85. The van der Waals surface area contributed by atoms with Gasteiger partial charge in [0.05, 0.1) is 4.90 Å². The lowest BCUT2D eigenvalue weighted by molar-refractivity contribution is 0.439. The molecular weight excluding hydrogens is 278 g/mol. The van der Waals surface area contributed by atoms with Gasteiger partial charge in [-0.3, -0.25) is 0 Å². The fraction of sp³-hybridized carbons (Fsp3) is 0.154. The second kappa shape index (κ2) is 5.27. The second-order valence-corrected chi connectivity index (χ2v) is 6.15. The van der Waals surface area contributed by atoms with Gasteiger partial charge in [0.1, 0.15) is 17.5 Å². The maximum atomic E-state index is 11.3. The van der Waals surface area contributed by atoms with Crippen molar-refractivity contribution in [1.29, 1.82) is 5.26 Å². The van der Waals surface area contributed by atoms with Gasteiger partial charge in [0.25, 0.3) is 0 Å². The Morgan fingerprint density at radius 3 is 2.40 bits per heavy atom. The number of hydrogen-bond donors (Lipinski definition) is 0. The number of ether oxygens (including phenoxy) is 1. The first kappa shape index (κ1) is 14.0. The van der Waals surface area contributed by atoms with Crippen LogP contribution in [0.1, 0.15) is 11.4 Å². The molecule has 0 fully saturated rings. The zero-order valence-corrected chi connectivity index (χ0v) is 11.7. The first-order valence-electron chi connectivity index (χ1n) is 5.62. The van der Waals surface area contributed by atoms with E-state index in [1.54, 1.807) is 13.0 Å². The summed E-state index contributed by atoms with van der Waals surface area (Å²) >= 11 is 0. The largest absolute Gasteiger partial charge is 0.424 e. The van der Waals surface area contributed by atoms with Crippen LogP contribution < -0.4 is 4.74 Å². The van der Waals surface area contributed by atoms with E-state index in [4.69, 9.17) is 10.00 Å². The highest BCUT2D eigenvalue weighted by molar-refractivity contribution is 7.90. The lowest BCUT2D eigenvalue weighted by Gasteiger charge is -2.05. The maximum Gasteiger partial charge on any atom is 0.323 e. The summed E-state index contributed by atoms with van der Waals surface area (Å²) < 4.78 is 28.1. The zero-order valence-electron chi connectivity index (χ0n) is 10.9. The molecule has 0 N–H and O–H groups in total. The van der Waals surface area contributed by atoms with Crippen molar-refractivity contribution in [1.82, 2.24) is 9.97 Å². The van der Waals surface area contributed by atoms with Gasteiger partial charge in [-0.05, 0) is 37.3 Å². The Morgan fingerprint density at radius 2 is 1.85 bits per heavy atom. The molecule has 0 saturated heterocycles. The summed E-state index contributed by atoms with van der Waals surface area (Å²) in [4.78, 5) is 8.15. The highest BCUT2D eigenvalue weighted by atomic mass is 32.2. The average Bonchev–Trinajstić information content (AvgIpc) is 2.37. The Morgan fingerprint density at radius 1 is 1.20 bits per heavy atom. The van der Waals surface area contributed by atoms with Crippen molar-refractivity contribution < 1.29 is 13.2 Å². The number of sulfone groups is 1. The van der Waals surface area contributed by atoms with Crippen molar-refractivity contribution in [3.63, 3.8) is 0 Å². The Labute approximate surface area is 116 Å². The van der Waals surface area contributed by atoms with Crippen molar-refractivity contribution in [2.45, 2.75) is 11.8 Å². The van der Waals surface area contributed by atoms with Gasteiger partial charge in [0.15, 0.2) is 9.84 Å². The molecule has 6 nitrogen and oxygen atoms in total. The molecule has 2 rings (SSSR count). The van der Waals surface area contributed by atoms with E-state index in [-0.39, 0.29) is 16.6 Å². The first-order valence-corrected chi connectivity index (χ1v) is 7.51. The van der Waals surface area contributed by atoms with Gasteiger partial charge < -0.3 is 4.74 Å². The van der Waals surface area contributed by atoms with Crippen LogP contribution in [0.4, 0.5) is 0 Å². The van der Waals surface area contributed by atoms with Gasteiger partial charge in [0, 0.05) is 11.9 Å². The number of benzene rings is 1. The molecular formula is C13H11N3O3S. The Balaban J connectivity index is 2.27. The molecule has 0 atom stereocenters. The number of rotatable bonds is 3. The minimum atomic E-state index is -3.24. The van der Waals surface area contributed by atoms with Crippen LogP contribution >= 0.6 is 0 Å². The first-order chi connectivity index (χ1) is 9.38. The molecule has 0 radical (unpaired) electrons. The Hall–Kier alpha value is -2.46. The Kier molecular flexibility index (Phi) is 3.68. The summed E-state index contributed by atoms with van der Waals surface area (Å²) in [6, 6.07) is 9.39. The molecule has 0 aliphatic heterocycles. The van der Waals surface area contributed by atoms with Crippen LogP contribution in [0, 0.1) is 18.3 Å². The van der Waals surface area contributed by atoms with Gasteiger partial charge in [-0.1, -0.05) is 0 Å². The molecule has 1 aromatic heterocycles. The van der Waals surface area contributed by atoms with E-state index in [2.05, 4.69) is 9.97 Å². The van der Waals surface area contributed by atoms with Gasteiger partial charge in [-0.15, -0.1) is 0 Å². The summed E-state index contributed by atoms with van der Waals surface area (Å²) in [5.41, 5.74) is 0.819. The fourth-order valence-corrected chi connectivity index (χ4v) is 2.13. The fourth-order valence-electron chi connectivity index (χ4n) is 1.50. The molecule has 0 bridgehead atoms. The standard InChI is InChI=1S/C13H11N3O3S/c1-9-7-10(8-14)16-13(15-9)19-11-3-5-12(6-4-11)20(2,17)18/h3-7H,1-2H3. The molecule has 0 amide bonds. The summed E-state index contributed by atoms with van der Waals surface area (Å²) in [5, 5.41) is 8.82. The van der Waals surface area contributed by atoms with Crippen LogP contribution in [0.3, 0.4) is 0 Å². The van der Waals surface area contributed by atoms with E-state index in [1.807, 2.05) is 6.07 Å². The lowest BCUT2D eigenvalue weighted by atomic mass is 10.3. The molecule has 2 aromatic rings. The van der Waals surface area contributed by atoms with E-state index in [0.717, 1.165) is 6.26 Å². The number of hydrogen-bond acceptors (Lipinski definition) is 6. The van der Waals surface area contributed by atoms with E-state index >= 15 is 0 Å². The minimum Gasteiger partial charge on any atom is -0.424 e.